The number of fused-ring (bicyclic) bond motifs is 1. The molecule has 0 saturated carbocycles. The number of carbonyl (C=O) groups excluding carboxylic acids is 1. The second-order valence-corrected chi connectivity index (χ2v) is 8.03. The molecule has 3 heterocycles. The van der Waals surface area contributed by atoms with Crippen molar-refractivity contribution >= 4 is 22.5 Å². The van der Waals surface area contributed by atoms with E-state index in [4.69, 9.17) is 0 Å². The van der Waals surface area contributed by atoms with Crippen molar-refractivity contribution in [1.82, 2.24) is 29.2 Å². The van der Waals surface area contributed by atoms with Crippen LogP contribution >= 0.6 is 0 Å². The summed E-state index contributed by atoms with van der Waals surface area (Å²) in [7, 11) is 0. The van der Waals surface area contributed by atoms with Crippen molar-refractivity contribution in [2.24, 2.45) is 0 Å². The maximum absolute atomic E-state index is 12.9. The maximum Gasteiger partial charge on any atom is 0.280 e. The number of hydrogen-bond donors (Lipinski definition) is 0. The highest BCUT2D eigenvalue weighted by atomic mass is 16.2. The summed E-state index contributed by atoms with van der Waals surface area (Å²) >= 11 is 0. The lowest BCUT2D eigenvalue weighted by atomic mass is 10.1. The molecule has 0 radical (unpaired) electrons. The van der Waals surface area contributed by atoms with Crippen LogP contribution in [-0.2, 0) is 11.2 Å². The quantitative estimate of drug-likeness (QED) is 0.634. The molecular weight excluding hydrogens is 392 g/mol. The van der Waals surface area contributed by atoms with Gasteiger partial charge in [0.05, 0.1) is 16.9 Å². The molecule has 0 aliphatic carbocycles. The molecule has 8 nitrogen and oxygen atoms in total. The second kappa shape index (κ2) is 8.45. The Bertz CT molecular complexity index is 1220. The molecule has 1 amide bonds. The third kappa shape index (κ3) is 4.02. The number of para-hydroxylation sites is 1. The maximum atomic E-state index is 12.9. The summed E-state index contributed by atoms with van der Waals surface area (Å²) in [5, 5.41) is 5.02. The van der Waals surface area contributed by atoms with Crippen molar-refractivity contribution in [3.8, 4) is 0 Å². The van der Waals surface area contributed by atoms with E-state index in [2.05, 4.69) is 25.7 Å². The number of carbonyl (C=O) groups is 1. The molecule has 0 fully saturated rings. The van der Waals surface area contributed by atoms with Crippen LogP contribution in [0.2, 0.25) is 0 Å². The zero-order chi connectivity index (χ0) is 22.1. The number of hydrogen-bond acceptors (Lipinski definition) is 5. The Labute approximate surface area is 181 Å². The normalized spacial score (nSPS) is 15.2. The lowest BCUT2D eigenvalue weighted by Gasteiger charge is -2.29. The van der Waals surface area contributed by atoms with Crippen molar-refractivity contribution in [3.05, 3.63) is 58.2 Å². The summed E-state index contributed by atoms with van der Waals surface area (Å²) in [6, 6.07) is 7.52. The summed E-state index contributed by atoms with van der Waals surface area (Å²) in [5.74, 6) is 2.40. The number of rotatable bonds is 5. The Hall–Kier alpha value is -3.29. The van der Waals surface area contributed by atoms with E-state index in [-0.39, 0.29) is 17.5 Å². The van der Waals surface area contributed by atoms with Crippen LogP contribution in [0.5, 0.6) is 0 Å². The van der Waals surface area contributed by atoms with Crippen LogP contribution in [0.15, 0.2) is 35.1 Å². The van der Waals surface area contributed by atoms with Gasteiger partial charge in [-0.2, -0.15) is 10.1 Å². The molecule has 2 aromatic heterocycles. The Kier molecular flexibility index (Phi) is 5.71. The van der Waals surface area contributed by atoms with E-state index in [0.29, 0.717) is 37.7 Å². The summed E-state index contributed by atoms with van der Waals surface area (Å²) in [6.07, 6.45) is 3.83. The van der Waals surface area contributed by atoms with Gasteiger partial charge in [0, 0.05) is 38.0 Å². The van der Waals surface area contributed by atoms with Crippen LogP contribution in [0.1, 0.15) is 50.2 Å². The minimum Gasteiger partial charge on any atom is -0.338 e. The van der Waals surface area contributed by atoms with Crippen LogP contribution < -0.4 is 5.56 Å². The largest absolute Gasteiger partial charge is 0.338 e. The van der Waals surface area contributed by atoms with Crippen LogP contribution in [0.3, 0.4) is 0 Å². The van der Waals surface area contributed by atoms with Crippen molar-refractivity contribution in [1.29, 1.82) is 0 Å². The van der Waals surface area contributed by atoms with Crippen LogP contribution in [0, 0.1) is 13.8 Å². The molecule has 1 aromatic carbocycles. The van der Waals surface area contributed by atoms with E-state index >= 15 is 0 Å². The molecule has 1 atom stereocenters. The molecule has 1 aliphatic rings. The Balaban J connectivity index is 1.55. The SMILES string of the molecule is CCc1nc(=O)c2ccccc2n1C1=CCN(C(=O)CC(C)n2nc(C)nc2C)CC1. The lowest BCUT2D eigenvalue weighted by molar-refractivity contribution is -0.131. The lowest BCUT2D eigenvalue weighted by Crippen LogP contribution is -2.36. The first-order valence-electron chi connectivity index (χ1n) is 10.8. The minimum atomic E-state index is -0.190. The van der Waals surface area contributed by atoms with Gasteiger partial charge in [-0.05, 0) is 39.0 Å². The van der Waals surface area contributed by atoms with Gasteiger partial charge in [0.15, 0.2) is 0 Å². The molecule has 31 heavy (non-hydrogen) atoms. The molecule has 0 saturated heterocycles. The molecule has 1 unspecified atom stereocenters. The van der Waals surface area contributed by atoms with Gasteiger partial charge in [0.1, 0.15) is 17.5 Å². The third-order valence-electron chi connectivity index (χ3n) is 5.80. The van der Waals surface area contributed by atoms with Crippen molar-refractivity contribution in [2.75, 3.05) is 13.1 Å². The van der Waals surface area contributed by atoms with Gasteiger partial charge in [-0.25, -0.2) is 9.67 Å². The van der Waals surface area contributed by atoms with Crippen LogP contribution in [0.25, 0.3) is 16.6 Å². The van der Waals surface area contributed by atoms with E-state index in [1.165, 1.54) is 0 Å². The summed E-state index contributed by atoms with van der Waals surface area (Å²) in [6.45, 7) is 8.94. The van der Waals surface area contributed by atoms with E-state index in [1.54, 1.807) is 0 Å². The van der Waals surface area contributed by atoms with E-state index in [1.807, 2.05) is 61.5 Å². The standard InChI is InChI=1S/C23H28N6O2/c1-5-21-25-23(31)19-8-6-7-9-20(19)28(21)18-10-12-27(13-11-18)22(30)14-15(2)29-17(4)24-16(3)26-29/h6-10,15H,5,11-14H2,1-4H3. The second-order valence-electron chi connectivity index (χ2n) is 8.03. The fourth-order valence-electron chi connectivity index (χ4n) is 4.28. The Morgan fingerprint density at radius 3 is 2.61 bits per heavy atom. The Morgan fingerprint density at radius 2 is 1.97 bits per heavy atom. The summed E-state index contributed by atoms with van der Waals surface area (Å²) in [4.78, 5) is 35.8. The zero-order valence-corrected chi connectivity index (χ0v) is 18.5. The first kappa shape index (κ1) is 21.0. The summed E-state index contributed by atoms with van der Waals surface area (Å²) in [5.41, 5.74) is 1.76. The molecule has 162 valence electrons. The van der Waals surface area contributed by atoms with Gasteiger partial charge in [-0.3, -0.25) is 9.59 Å². The summed E-state index contributed by atoms with van der Waals surface area (Å²) < 4.78 is 3.91. The average Bonchev–Trinajstić information content (AvgIpc) is 3.11. The van der Waals surface area contributed by atoms with Gasteiger partial charge in [-0.15, -0.1) is 0 Å². The van der Waals surface area contributed by atoms with E-state index in [0.717, 1.165) is 28.7 Å². The van der Waals surface area contributed by atoms with Gasteiger partial charge in [0.2, 0.25) is 5.91 Å². The molecule has 0 spiro atoms. The first-order valence-corrected chi connectivity index (χ1v) is 10.8. The third-order valence-corrected chi connectivity index (χ3v) is 5.80. The van der Waals surface area contributed by atoms with Gasteiger partial charge in [0.25, 0.3) is 5.56 Å². The minimum absolute atomic E-state index is 0.0436. The monoisotopic (exact) mass is 420 g/mol. The van der Waals surface area contributed by atoms with Crippen molar-refractivity contribution in [2.45, 2.75) is 53.0 Å². The predicted molar refractivity (Wildman–Crippen MR) is 120 cm³/mol. The van der Waals surface area contributed by atoms with E-state index in [9.17, 15) is 9.59 Å². The predicted octanol–water partition coefficient (Wildman–Crippen LogP) is 2.89. The highest BCUT2D eigenvalue weighted by Gasteiger charge is 2.23. The van der Waals surface area contributed by atoms with Crippen molar-refractivity contribution < 1.29 is 4.79 Å². The molecule has 8 heteroatoms. The fourth-order valence-corrected chi connectivity index (χ4v) is 4.28. The Morgan fingerprint density at radius 1 is 1.19 bits per heavy atom. The van der Waals surface area contributed by atoms with Crippen LogP contribution in [-0.4, -0.2) is 48.2 Å². The van der Waals surface area contributed by atoms with Crippen molar-refractivity contribution in [3.63, 3.8) is 0 Å². The van der Waals surface area contributed by atoms with Gasteiger partial charge >= 0.3 is 0 Å². The molecule has 3 aromatic rings. The fraction of sp³-hybridized carbons (Fsp3) is 0.435. The van der Waals surface area contributed by atoms with Crippen LogP contribution in [0.4, 0.5) is 0 Å². The van der Waals surface area contributed by atoms with Gasteiger partial charge < -0.3 is 9.47 Å². The average molecular weight is 421 g/mol. The molecular formula is C23H28N6O2. The van der Waals surface area contributed by atoms with Gasteiger partial charge in [-0.1, -0.05) is 19.1 Å². The molecule has 4 rings (SSSR count). The first-order chi connectivity index (χ1) is 14.9. The number of aromatic nitrogens is 5. The highest BCUT2D eigenvalue weighted by molar-refractivity contribution is 5.82. The molecule has 0 N–H and O–H groups in total. The topological polar surface area (TPSA) is 85.9 Å². The number of benzene rings is 1. The number of amides is 1. The zero-order valence-electron chi connectivity index (χ0n) is 18.5. The molecule has 1 aliphatic heterocycles. The number of aryl methyl sites for hydroxylation is 3. The number of nitrogens with zero attached hydrogens (tertiary/aromatic N) is 6. The highest BCUT2D eigenvalue weighted by Crippen LogP contribution is 2.24. The van der Waals surface area contributed by atoms with E-state index < -0.39 is 0 Å². The smallest absolute Gasteiger partial charge is 0.280 e. The molecule has 0 bridgehead atoms.